The molecule has 0 spiro atoms. The molecule has 0 saturated carbocycles. The highest BCUT2D eigenvalue weighted by Crippen LogP contribution is 2.20. The van der Waals surface area contributed by atoms with Gasteiger partial charge in [0.25, 0.3) is 0 Å². The lowest BCUT2D eigenvalue weighted by Gasteiger charge is -2.47. The molecule has 5 nitrogen and oxygen atoms in total. The first-order chi connectivity index (χ1) is 11.2. The molecule has 0 aromatic heterocycles. The van der Waals surface area contributed by atoms with Gasteiger partial charge in [0.2, 0.25) is 0 Å². The molecule has 0 radical (unpaired) electrons. The Hall–Kier alpha value is -1.01. The summed E-state index contributed by atoms with van der Waals surface area (Å²) < 4.78 is 0. The fraction of sp³-hybridized carbons (Fsp3) is 0.562. The molecule has 3 fully saturated rings. The number of nitrogens with zero attached hydrogens (tertiary/aromatic N) is 3. The second-order valence-corrected chi connectivity index (χ2v) is 6.88. The van der Waals surface area contributed by atoms with Gasteiger partial charge in [-0.25, -0.2) is 0 Å². The molecule has 1 unspecified atom stereocenters. The zero-order chi connectivity index (χ0) is 16.2. The van der Waals surface area contributed by atoms with Gasteiger partial charge in [-0.05, 0) is 17.7 Å². The Balaban J connectivity index is 1.48. The van der Waals surface area contributed by atoms with Crippen molar-refractivity contribution >= 4 is 29.2 Å². The Morgan fingerprint density at radius 1 is 1.22 bits per heavy atom. The second-order valence-electron chi connectivity index (χ2n) is 6.03. The van der Waals surface area contributed by atoms with Crippen molar-refractivity contribution < 1.29 is 0 Å². The van der Waals surface area contributed by atoms with Gasteiger partial charge < -0.3 is 10.6 Å². The van der Waals surface area contributed by atoms with Crippen LogP contribution in [-0.2, 0) is 6.54 Å². The van der Waals surface area contributed by atoms with E-state index in [0.717, 1.165) is 24.6 Å². The summed E-state index contributed by atoms with van der Waals surface area (Å²) in [6, 6.07) is 6.11. The molecular formula is C16H23Cl2N5. The molecule has 1 atom stereocenters. The Bertz CT molecular complexity index is 570. The standard InChI is InChI=1S/C16H23Cl2N5/c1-19-16(20-9-12-2-3-13(17)8-15(12)18)21-10-14-11-22-4-6-23(14)7-5-22/h2-3,8,14H,4-7,9-11H2,1H3,(H2,19,20,21). The molecule has 2 bridgehead atoms. The molecule has 126 valence electrons. The summed E-state index contributed by atoms with van der Waals surface area (Å²) in [4.78, 5) is 9.39. The van der Waals surface area contributed by atoms with E-state index in [1.807, 2.05) is 12.1 Å². The fourth-order valence-corrected chi connectivity index (χ4v) is 3.67. The van der Waals surface area contributed by atoms with Gasteiger partial charge in [-0.1, -0.05) is 29.3 Å². The van der Waals surface area contributed by atoms with Gasteiger partial charge in [-0.15, -0.1) is 0 Å². The van der Waals surface area contributed by atoms with E-state index >= 15 is 0 Å². The largest absolute Gasteiger partial charge is 0.355 e. The van der Waals surface area contributed by atoms with Gasteiger partial charge in [-0.2, -0.15) is 0 Å². The topological polar surface area (TPSA) is 42.9 Å². The highest BCUT2D eigenvalue weighted by Gasteiger charge is 2.31. The number of piperazine rings is 3. The average molecular weight is 356 g/mol. The van der Waals surface area contributed by atoms with Crippen molar-refractivity contribution in [3.05, 3.63) is 33.8 Å². The number of hydrogen-bond donors (Lipinski definition) is 2. The van der Waals surface area contributed by atoms with E-state index in [1.54, 1.807) is 13.1 Å². The molecule has 3 saturated heterocycles. The second kappa shape index (κ2) is 7.71. The molecule has 2 N–H and O–H groups in total. The molecule has 23 heavy (non-hydrogen) atoms. The van der Waals surface area contributed by atoms with Crippen LogP contribution in [0.5, 0.6) is 0 Å². The van der Waals surface area contributed by atoms with Crippen LogP contribution in [0.3, 0.4) is 0 Å². The maximum absolute atomic E-state index is 6.20. The third-order valence-electron chi connectivity index (χ3n) is 4.58. The number of benzene rings is 1. The van der Waals surface area contributed by atoms with E-state index in [2.05, 4.69) is 25.4 Å². The van der Waals surface area contributed by atoms with Crippen molar-refractivity contribution in [2.45, 2.75) is 12.6 Å². The van der Waals surface area contributed by atoms with Crippen LogP contribution in [0.15, 0.2) is 23.2 Å². The van der Waals surface area contributed by atoms with E-state index in [1.165, 1.54) is 26.2 Å². The lowest BCUT2D eigenvalue weighted by molar-refractivity contribution is 0.0154. The first kappa shape index (κ1) is 16.8. The third-order valence-corrected chi connectivity index (χ3v) is 5.17. The number of guanidine groups is 1. The number of rotatable bonds is 4. The van der Waals surface area contributed by atoms with Crippen molar-refractivity contribution in [3.8, 4) is 0 Å². The van der Waals surface area contributed by atoms with Gasteiger partial charge in [0.15, 0.2) is 5.96 Å². The molecule has 3 heterocycles. The Kier molecular flexibility index (Phi) is 5.64. The van der Waals surface area contributed by atoms with Crippen molar-refractivity contribution in [2.75, 3.05) is 46.3 Å². The summed E-state index contributed by atoms with van der Waals surface area (Å²) in [7, 11) is 1.79. The molecule has 1 aromatic rings. The highest BCUT2D eigenvalue weighted by molar-refractivity contribution is 6.35. The summed E-state index contributed by atoms with van der Waals surface area (Å²) >= 11 is 12.1. The van der Waals surface area contributed by atoms with Gasteiger partial charge in [0.05, 0.1) is 0 Å². The molecule has 1 aromatic carbocycles. The normalized spacial score (nSPS) is 27.1. The fourth-order valence-electron chi connectivity index (χ4n) is 3.20. The number of nitrogens with one attached hydrogen (secondary N) is 2. The molecular weight excluding hydrogens is 333 g/mol. The molecule has 3 aliphatic heterocycles. The maximum atomic E-state index is 6.20. The van der Waals surface area contributed by atoms with E-state index in [4.69, 9.17) is 23.2 Å². The minimum Gasteiger partial charge on any atom is -0.355 e. The highest BCUT2D eigenvalue weighted by atomic mass is 35.5. The van der Waals surface area contributed by atoms with Crippen LogP contribution in [-0.4, -0.2) is 68.1 Å². The van der Waals surface area contributed by atoms with Crippen molar-refractivity contribution in [1.82, 2.24) is 20.4 Å². The molecule has 4 rings (SSSR count). The van der Waals surface area contributed by atoms with Gasteiger partial charge >= 0.3 is 0 Å². The van der Waals surface area contributed by atoms with Crippen LogP contribution < -0.4 is 10.6 Å². The summed E-state index contributed by atoms with van der Waals surface area (Å²) in [6.45, 7) is 7.45. The number of hydrogen-bond acceptors (Lipinski definition) is 3. The maximum Gasteiger partial charge on any atom is 0.191 e. The summed E-state index contributed by atoms with van der Waals surface area (Å²) in [6.07, 6.45) is 0. The van der Waals surface area contributed by atoms with Crippen LogP contribution in [0.2, 0.25) is 10.0 Å². The summed E-state index contributed by atoms with van der Waals surface area (Å²) in [5.74, 6) is 0.800. The van der Waals surface area contributed by atoms with E-state index in [0.29, 0.717) is 22.6 Å². The van der Waals surface area contributed by atoms with Crippen LogP contribution in [0.25, 0.3) is 0 Å². The average Bonchev–Trinajstić information content (AvgIpc) is 2.57. The van der Waals surface area contributed by atoms with Crippen LogP contribution in [0.1, 0.15) is 5.56 Å². The van der Waals surface area contributed by atoms with Crippen LogP contribution in [0, 0.1) is 0 Å². The molecule has 0 aliphatic carbocycles. The first-order valence-corrected chi connectivity index (χ1v) is 8.76. The number of fused-ring (bicyclic) bond motifs is 3. The van der Waals surface area contributed by atoms with Crippen molar-refractivity contribution in [2.24, 2.45) is 4.99 Å². The van der Waals surface area contributed by atoms with Crippen LogP contribution >= 0.6 is 23.2 Å². The smallest absolute Gasteiger partial charge is 0.191 e. The molecule has 0 amide bonds. The van der Waals surface area contributed by atoms with Gasteiger partial charge in [-0.3, -0.25) is 14.8 Å². The Labute approximate surface area is 147 Å². The molecule has 3 aliphatic rings. The minimum atomic E-state index is 0.565. The van der Waals surface area contributed by atoms with Crippen LogP contribution in [0.4, 0.5) is 0 Å². The quantitative estimate of drug-likeness (QED) is 0.636. The number of aliphatic imine (C=N–C) groups is 1. The lowest BCUT2D eigenvalue weighted by atomic mass is 10.1. The summed E-state index contributed by atoms with van der Waals surface area (Å²) in [5, 5.41) is 8.06. The van der Waals surface area contributed by atoms with E-state index in [9.17, 15) is 0 Å². The van der Waals surface area contributed by atoms with Crippen molar-refractivity contribution in [1.29, 1.82) is 0 Å². The molecule has 7 heteroatoms. The van der Waals surface area contributed by atoms with Gasteiger partial charge in [0, 0.05) is 68.9 Å². The zero-order valence-electron chi connectivity index (χ0n) is 13.4. The predicted octanol–water partition coefficient (Wildman–Crippen LogP) is 1.66. The van der Waals surface area contributed by atoms with Crippen molar-refractivity contribution in [3.63, 3.8) is 0 Å². The zero-order valence-corrected chi connectivity index (χ0v) is 14.9. The van der Waals surface area contributed by atoms with Gasteiger partial charge in [0.1, 0.15) is 0 Å². The third kappa shape index (κ3) is 4.29. The van der Waals surface area contributed by atoms with E-state index in [-0.39, 0.29) is 0 Å². The minimum absolute atomic E-state index is 0.565. The Morgan fingerprint density at radius 2 is 2.00 bits per heavy atom. The first-order valence-electron chi connectivity index (χ1n) is 8.00. The van der Waals surface area contributed by atoms with E-state index < -0.39 is 0 Å². The Morgan fingerprint density at radius 3 is 2.61 bits per heavy atom. The lowest BCUT2D eigenvalue weighted by Crippen LogP contribution is -2.63. The monoisotopic (exact) mass is 355 g/mol. The predicted molar refractivity (Wildman–Crippen MR) is 96.5 cm³/mol. The summed E-state index contributed by atoms with van der Waals surface area (Å²) in [5.41, 5.74) is 1.01. The SMILES string of the molecule is CN=C(NCc1ccc(Cl)cc1Cl)NCC1CN2CCN1CC2. The number of halogens is 2.